The SMILES string of the molecule is CN(Cc1cccc(F)c1F)C(=O)CN1CCCCC1. The van der Waals surface area contributed by atoms with E-state index >= 15 is 0 Å². The molecule has 1 aromatic carbocycles. The van der Waals surface area contributed by atoms with Crippen LogP contribution in [0.15, 0.2) is 18.2 Å². The van der Waals surface area contributed by atoms with Crippen LogP contribution in [-0.2, 0) is 11.3 Å². The van der Waals surface area contributed by atoms with Crippen molar-refractivity contribution in [1.29, 1.82) is 0 Å². The number of piperidine rings is 1. The number of benzene rings is 1. The maximum atomic E-state index is 13.6. The zero-order valence-electron chi connectivity index (χ0n) is 11.7. The molecule has 0 unspecified atom stereocenters. The largest absolute Gasteiger partial charge is 0.340 e. The van der Waals surface area contributed by atoms with Gasteiger partial charge in [-0.1, -0.05) is 18.6 Å². The first-order chi connectivity index (χ1) is 9.58. The van der Waals surface area contributed by atoms with Crippen LogP contribution in [0.1, 0.15) is 24.8 Å². The Balaban J connectivity index is 1.91. The molecule has 0 N–H and O–H groups in total. The van der Waals surface area contributed by atoms with E-state index in [4.69, 9.17) is 0 Å². The number of hydrogen-bond acceptors (Lipinski definition) is 2. The van der Waals surface area contributed by atoms with E-state index in [1.807, 2.05) is 0 Å². The maximum absolute atomic E-state index is 13.6. The monoisotopic (exact) mass is 282 g/mol. The van der Waals surface area contributed by atoms with Crippen molar-refractivity contribution in [3.63, 3.8) is 0 Å². The first kappa shape index (κ1) is 14.9. The predicted octanol–water partition coefficient (Wildman–Crippen LogP) is 2.41. The second kappa shape index (κ2) is 6.79. The summed E-state index contributed by atoms with van der Waals surface area (Å²) in [6.45, 7) is 2.32. The third kappa shape index (κ3) is 3.76. The van der Waals surface area contributed by atoms with Gasteiger partial charge in [0, 0.05) is 19.2 Å². The Bertz CT molecular complexity index is 473. The number of likely N-dealkylation sites (tertiary alicyclic amines) is 1. The molecule has 0 saturated carbocycles. The molecule has 0 spiro atoms. The molecule has 1 saturated heterocycles. The molecular formula is C15H20F2N2O. The van der Waals surface area contributed by atoms with E-state index in [1.54, 1.807) is 7.05 Å². The van der Waals surface area contributed by atoms with E-state index in [-0.39, 0.29) is 18.0 Å². The Labute approximate surface area is 118 Å². The van der Waals surface area contributed by atoms with Crippen molar-refractivity contribution in [2.24, 2.45) is 0 Å². The molecule has 0 atom stereocenters. The fourth-order valence-electron chi connectivity index (χ4n) is 2.44. The van der Waals surface area contributed by atoms with Gasteiger partial charge in [0.1, 0.15) is 0 Å². The molecule has 1 amide bonds. The molecule has 2 rings (SSSR count). The van der Waals surface area contributed by atoms with Crippen LogP contribution in [0.25, 0.3) is 0 Å². The lowest BCUT2D eigenvalue weighted by molar-refractivity contribution is -0.131. The molecule has 1 aliphatic heterocycles. The van der Waals surface area contributed by atoms with Gasteiger partial charge in [-0.2, -0.15) is 0 Å². The van der Waals surface area contributed by atoms with Gasteiger partial charge in [-0.15, -0.1) is 0 Å². The Kier molecular flexibility index (Phi) is 5.06. The minimum Gasteiger partial charge on any atom is -0.340 e. The Morgan fingerprint density at radius 1 is 1.25 bits per heavy atom. The standard InChI is InChI=1S/C15H20F2N2O/c1-18(10-12-6-5-7-13(16)15(12)17)14(20)11-19-8-3-2-4-9-19/h5-7H,2-4,8-11H2,1H3. The summed E-state index contributed by atoms with van der Waals surface area (Å²) in [5.74, 6) is -1.81. The van der Waals surface area contributed by atoms with Crippen molar-refractivity contribution >= 4 is 5.91 Å². The van der Waals surface area contributed by atoms with Gasteiger partial charge >= 0.3 is 0 Å². The number of amides is 1. The number of carbonyl (C=O) groups is 1. The highest BCUT2D eigenvalue weighted by molar-refractivity contribution is 5.78. The molecule has 0 radical (unpaired) electrons. The fourth-order valence-corrected chi connectivity index (χ4v) is 2.44. The van der Waals surface area contributed by atoms with Crippen LogP contribution >= 0.6 is 0 Å². The van der Waals surface area contributed by atoms with Crippen molar-refractivity contribution < 1.29 is 13.6 Å². The third-order valence-corrected chi connectivity index (χ3v) is 3.67. The Hall–Kier alpha value is -1.49. The summed E-state index contributed by atoms with van der Waals surface area (Å²) in [7, 11) is 1.62. The van der Waals surface area contributed by atoms with Gasteiger partial charge in [0.05, 0.1) is 6.54 Å². The second-order valence-electron chi connectivity index (χ2n) is 5.30. The third-order valence-electron chi connectivity index (χ3n) is 3.67. The number of halogens is 2. The fraction of sp³-hybridized carbons (Fsp3) is 0.533. The van der Waals surface area contributed by atoms with Crippen molar-refractivity contribution in [2.45, 2.75) is 25.8 Å². The van der Waals surface area contributed by atoms with Gasteiger partial charge in [0.25, 0.3) is 0 Å². The minimum atomic E-state index is -0.876. The van der Waals surface area contributed by atoms with E-state index in [9.17, 15) is 13.6 Å². The summed E-state index contributed by atoms with van der Waals surface area (Å²) < 4.78 is 26.7. The van der Waals surface area contributed by atoms with Crippen LogP contribution in [0, 0.1) is 11.6 Å². The molecule has 3 nitrogen and oxygen atoms in total. The first-order valence-corrected chi connectivity index (χ1v) is 6.97. The van der Waals surface area contributed by atoms with Crippen molar-refractivity contribution in [3.8, 4) is 0 Å². The summed E-state index contributed by atoms with van der Waals surface area (Å²) in [5.41, 5.74) is 0.208. The van der Waals surface area contributed by atoms with E-state index in [1.165, 1.54) is 23.5 Å². The highest BCUT2D eigenvalue weighted by Crippen LogP contribution is 2.14. The average Bonchev–Trinajstić information content (AvgIpc) is 2.45. The van der Waals surface area contributed by atoms with Crippen molar-refractivity contribution in [2.75, 3.05) is 26.7 Å². The molecule has 5 heteroatoms. The molecule has 0 aromatic heterocycles. The summed E-state index contributed by atoms with van der Waals surface area (Å²) in [5, 5.41) is 0. The van der Waals surface area contributed by atoms with Crippen LogP contribution in [-0.4, -0.2) is 42.4 Å². The topological polar surface area (TPSA) is 23.6 Å². The normalized spacial score (nSPS) is 16.1. The number of rotatable bonds is 4. The lowest BCUT2D eigenvalue weighted by Crippen LogP contribution is -2.40. The molecule has 1 aromatic rings. The van der Waals surface area contributed by atoms with Crippen LogP contribution < -0.4 is 0 Å². The summed E-state index contributed by atoms with van der Waals surface area (Å²) in [6, 6.07) is 4.04. The lowest BCUT2D eigenvalue weighted by atomic mass is 10.1. The second-order valence-corrected chi connectivity index (χ2v) is 5.30. The van der Waals surface area contributed by atoms with Gasteiger partial charge in [-0.3, -0.25) is 9.69 Å². The molecule has 1 aliphatic rings. The zero-order chi connectivity index (χ0) is 14.5. The summed E-state index contributed by atoms with van der Waals surface area (Å²) in [6.07, 6.45) is 3.46. The van der Waals surface area contributed by atoms with Gasteiger partial charge in [-0.05, 0) is 32.0 Å². The molecule has 1 heterocycles. The predicted molar refractivity (Wildman–Crippen MR) is 73.1 cm³/mol. The van der Waals surface area contributed by atoms with Gasteiger partial charge in [0.15, 0.2) is 11.6 Å². The molecule has 0 aliphatic carbocycles. The quantitative estimate of drug-likeness (QED) is 0.846. The van der Waals surface area contributed by atoms with Crippen LogP contribution in [0.4, 0.5) is 8.78 Å². The lowest BCUT2D eigenvalue weighted by Gasteiger charge is -2.28. The van der Waals surface area contributed by atoms with E-state index in [0.29, 0.717) is 6.54 Å². The van der Waals surface area contributed by atoms with E-state index < -0.39 is 11.6 Å². The maximum Gasteiger partial charge on any atom is 0.236 e. The Morgan fingerprint density at radius 3 is 2.65 bits per heavy atom. The number of likely N-dealkylation sites (N-methyl/N-ethyl adjacent to an activating group) is 1. The summed E-state index contributed by atoms with van der Waals surface area (Å²) >= 11 is 0. The smallest absolute Gasteiger partial charge is 0.236 e. The molecular weight excluding hydrogens is 262 g/mol. The highest BCUT2D eigenvalue weighted by atomic mass is 19.2. The molecule has 110 valence electrons. The average molecular weight is 282 g/mol. The van der Waals surface area contributed by atoms with E-state index in [0.717, 1.165) is 32.0 Å². The van der Waals surface area contributed by atoms with Crippen molar-refractivity contribution in [1.82, 2.24) is 9.80 Å². The molecule has 0 bridgehead atoms. The number of hydrogen-bond donors (Lipinski definition) is 0. The number of nitrogens with zero attached hydrogens (tertiary/aromatic N) is 2. The van der Waals surface area contributed by atoms with Crippen LogP contribution in [0.3, 0.4) is 0 Å². The van der Waals surface area contributed by atoms with Crippen molar-refractivity contribution in [3.05, 3.63) is 35.4 Å². The first-order valence-electron chi connectivity index (χ1n) is 6.97. The van der Waals surface area contributed by atoms with Gasteiger partial charge < -0.3 is 4.90 Å². The Morgan fingerprint density at radius 2 is 1.95 bits per heavy atom. The zero-order valence-corrected chi connectivity index (χ0v) is 11.7. The van der Waals surface area contributed by atoms with Gasteiger partial charge in [-0.25, -0.2) is 8.78 Å². The van der Waals surface area contributed by atoms with Gasteiger partial charge in [0.2, 0.25) is 5.91 Å². The van der Waals surface area contributed by atoms with Crippen LogP contribution in [0.2, 0.25) is 0 Å². The van der Waals surface area contributed by atoms with E-state index in [2.05, 4.69) is 4.90 Å². The minimum absolute atomic E-state index is 0.0597. The van der Waals surface area contributed by atoms with Crippen LogP contribution in [0.5, 0.6) is 0 Å². The highest BCUT2D eigenvalue weighted by Gasteiger charge is 2.18. The molecule has 20 heavy (non-hydrogen) atoms. The number of carbonyl (C=O) groups excluding carboxylic acids is 1. The summed E-state index contributed by atoms with van der Waals surface area (Å²) in [4.78, 5) is 15.6. The molecule has 1 fully saturated rings.